The van der Waals surface area contributed by atoms with E-state index >= 15 is 0 Å². The van der Waals surface area contributed by atoms with Crippen LogP contribution in [0.3, 0.4) is 0 Å². The smallest absolute Gasteiger partial charge is 0.417 e. The van der Waals surface area contributed by atoms with Crippen LogP contribution < -0.4 is 5.32 Å². The summed E-state index contributed by atoms with van der Waals surface area (Å²) in [6.07, 6.45) is 0.163. The second-order valence-electron chi connectivity index (χ2n) is 6.67. The van der Waals surface area contributed by atoms with E-state index in [1.807, 2.05) is 55.5 Å². The molecule has 146 valence electrons. The molecule has 2 aromatic rings. The van der Waals surface area contributed by atoms with Gasteiger partial charge in [0.2, 0.25) is 5.91 Å². The van der Waals surface area contributed by atoms with Crippen molar-refractivity contribution in [2.45, 2.75) is 25.8 Å². The van der Waals surface area contributed by atoms with Crippen molar-refractivity contribution in [3.8, 4) is 0 Å². The zero-order chi connectivity index (χ0) is 20.1. The lowest BCUT2D eigenvalue weighted by Gasteiger charge is -2.23. The molecule has 3 amide bonds. The number of rotatable bonds is 7. The first-order valence-corrected chi connectivity index (χ1v) is 9.38. The number of ether oxygens (including phenoxy) is 1. The minimum atomic E-state index is -0.684. The molecule has 0 bridgehead atoms. The van der Waals surface area contributed by atoms with Gasteiger partial charge in [-0.05, 0) is 36.1 Å². The van der Waals surface area contributed by atoms with Crippen LogP contribution in [0.5, 0.6) is 0 Å². The number of carbonyl (C=O) groups excluding carboxylic acids is 3. The number of aryl methyl sites for hydroxylation is 2. The van der Waals surface area contributed by atoms with Crippen LogP contribution >= 0.6 is 11.6 Å². The molecule has 1 saturated heterocycles. The molecule has 1 aliphatic heterocycles. The molecule has 6 nitrogen and oxygen atoms in total. The minimum Gasteiger partial charge on any atom is -0.439 e. The number of imide groups is 1. The molecule has 1 unspecified atom stereocenters. The van der Waals surface area contributed by atoms with Gasteiger partial charge in [0, 0.05) is 11.4 Å². The lowest BCUT2D eigenvalue weighted by atomic mass is 10.0. The van der Waals surface area contributed by atoms with Gasteiger partial charge in [-0.2, -0.15) is 0 Å². The zero-order valence-electron chi connectivity index (χ0n) is 15.5. The molecular weight excluding hydrogens is 380 g/mol. The third-order valence-corrected chi connectivity index (χ3v) is 5.03. The summed E-state index contributed by atoms with van der Waals surface area (Å²) >= 11 is 6.04. The van der Waals surface area contributed by atoms with Crippen molar-refractivity contribution in [3.05, 3.63) is 70.2 Å². The molecule has 1 heterocycles. The number of hydrogen-bond acceptors (Lipinski definition) is 4. The summed E-state index contributed by atoms with van der Waals surface area (Å²) < 4.78 is 4.76. The number of halogens is 1. The quantitative estimate of drug-likeness (QED) is 0.772. The summed E-state index contributed by atoms with van der Waals surface area (Å²) in [4.78, 5) is 37.2. The highest BCUT2D eigenvalue weighted by Crippen LogP contribution is 2.19. The topological polar surface area (TPSA) is 75.7 Å². The van der Waals surface area contributed by atoms with Crippen molar-refractivity contribution in [1.29, 1.82) is 0 Å². The summed E-state index contributed by atoms with van der Waals surface area (Å²) in [7, 11) is 0. The minimum absolute atomic E-state index is 0.0352. The fraction of sp³-hybridized carbons (Fsp3) is 0.286. The van der Waals surface area contributed by atoms with E-state index in [2.05, 4.69) is 5.32 Å². The van der Waals surface area contributed by atoms with E-state index in [4.69, 9.17) is 16.3 Å². The van der Waals surface area contributed by atoms with E-state index in [-0.39, 0.29) is 25.5 Å². The van der Waals surface area contributed by atoms with Gasteiger partial charge >= 0.3 is 6.09 Å². The van der Waals surface area contributed by atoms with Crippen molar-refractivity contribution >= 4 is 29.5 Å². The zero-order valence-corrected chi connectivity index (χ0v) is 16.2. The highest BCUT2D eigenvalue weighted by atomic mass is 35.5. The van der Waals surface area contributed by atoms with Gasteiger partial charge in [0.1, 0.15) is 0 Å². The number of nitrogens with zero attached hydrogens (tertiary/aromatic N) is 1. The highest BCUT2D eigenvalue weighted by Gasteiger charge is 2.33. The first kappa shape index (κ1) is 19.9. The Kier molecular flexibility index (Phi) is 6.31. The van der Waals surface area contributed by atoms with Crippen molar-refractivity contribution in [2.75, 3.05) is 13.2 Å². The van der Waals surface area contributed by atoms with Gasteiger partial charge in [-0.25, -0.2) is 9.69 Å². The standard InChI is InChI=1S/C21H21ClN2O4/c1-14-11-15(7-9-17(14)22)8-10-19(25)23-18(16-5-3-2-4-6-16)12-24-20(26)13-28-21(24)27/h2-7,9,11,18H,8,10,12-13H2,1H3,(H,23,25). The molecule has 1 N–H and O–H groups in total. The Morgan fingerprint density at radius 3 is 2.61 bits per heavy atom. The number of hydrogen-bond donors (Lipinski definition) is 1. The Balaban J connectivity index is 1.66. The third-order valence-electron chi connectivity index (χ3n) is 4.61. The molecule has 3 rings (SSSR count). The molecule has 28 heavy (non-hydrogen) atoms. The lowest BCUT2D eigenvalue weighted by Crippen LogP contribution is -2.40. The van der Waals surface area contributed by atoms with Gasteiger partial charge < -0.3 is 10.1 Å². The lowest BCUT2D eigenvalue weighted by molar-refractivity contribution is -0.127. The van der Waals surface area contributed by atoms with E-state index in [9.17, 15) is 14.4 Å². The summed E-state index contributed by atoms with van der Waals surface area (Å²) in [6, 6.07) is 14.4. The summed E-state index contributed by atoms with van der Waals surface area (Å²) in [5.41, 5.74) is 2.80. The average Bonchev–Trinajstić information content (AvgIpc) is 3.01. The number of amides is 3. The van der Waals surface area contributed by atoms with Gasteiger partial charge in [-0.1, -0.05) is 54.1 Å². The Morgan fingerprint density at radius 2 is 1.96 bits per heavy atom. The van der Waals surface area contributed by atoms with Crippen LogP contribution in [0.1, 0.15) is 29.2 Å². The Morgan fingerprint density at radius 1 is 1.21 bits per heavy atom. The Hall–Kier alpha value is -2.86. The van der Waals surface area contributed by atoms with E-state index in [1.54, 1.807) is 0 Å². The van der Waals surface area contributed by atoms with Gasteiger partial charge in [0.15, 0.2) is 6.61 Å². The predicted molar refractivity (Wildman–Crippen MR) is 105 cm³/mol. The molecule has 2 aromatic carbocycles. The van der Waals surface area contributed by atoms with E-state index in [0.717, 1.165) is 21.6 Å². The average molecular weight is 401 g/mol. The maximum Gasteiger partial charge on any atom is 0.417 e. The third kappa shape index (κ3) is 4.89. The van der Waals surface area contributed by atoms with E-state index in [1.165, 1.54) is 0 Å². The number of cyclic esters (lactones) is 1. The van der Waals surface area contributed by atoms with Gasteiger partial charge in [0.25, 0.3) is 5.91 Å². The molecule has 0 aromatic heterocycles. The Bertz CT molecular complexity index is 869. The molecule has 0 radical (unpaired) electrons. The monoisotopic (exact) mass is 400 g/mol. The molecule has 0 spiro atoms. The van der Waals surface area contributed by atoms with Crippen LogP contribution in [-0.4, -0.2) is 36.0 Å². The van der Waals surface area contributed by atoms with Crippen LogP contribution in [0.25, 0.3) is 0 Å². The fourth-order valence-corrected chi connectivity index (χ4v) is 3.16. The van der Waals surface area contributed by atoms with Crippen molar-refractivity contribution in [3.63, 3.8) is 0 Å². The van der Waals surface area contributed by atoms with Crippen LogP contribution in [0, 0.1) is 6.92 Å². The molecular formula is C21H21ClN2O4. The van der Waals surface area contributed by atoms with Crippen LogP contribution in [0.2, 0.25) is 5.02 Å². The first-order valence-electron chi connectivity index (χ1n) is 9.00. The molecule has 0 saturated carbocycles. The maximum atomic E-state index is 12.5. The van der Waals surface area contributed by atoms with E-state index in [0.29, 0.717) is 11.4 Å². The molecule has 7 heteroatoms. The SMILES string of the molecule is Cc1cc(CCC(=O)NC(CN2C(=O)COC2=O)c2ccccc2)ccc1Cl. The number of nitrogens with one attached hydrogen (secondary N) is 1. The molecule has 1 atom stereocenters. The second kappa shape index (κ2) is 8.89. The summed E-state index contributed by atoms with van der Waals surface area (Å²) in [5.74, 6) is -0.571. The van der Waals surface area contributed by atoms with Crippen molar-refractivity contribution in [1.82, 2.24) is 10.2 Å². The van der Waals surface area contributed by atoms with Crippen LogP contribution in [0.15, 0.2) is 48.5 Å². The van der Waals surface area contributed by atoms with Crippen LogP contribution in [0.4, 0.5) is 4.79 Å². The summed E-state index contributed by atoms with van der Waals surface area (Å²) in [6.45, 7) is 1.70. The maximum absolute atomic E-state index is 12.5. The molecule has 1 aliphatic rings. The summed E-state index contributed by atoms with van der Waals surface area (Å²) in [5, 5.41) is 3.62. The van der Waals surface area contributed by atoms with Crippen molar-refractivity contribution < 1.29 is 19.1 Å². The fourth-order valence-electron chi connectivity index (χ4n) is 3.05. The number of carbonyl (C=O) groups is 3. The molecule has 0 aliphatic carbocycles. The second-order valence-corrected chi connectivity index (χ2v) is 7.08. The van der Waals surface area contributed by atoms with Crippen LogP contribution in [-0.2, 0) is 20.7 Å². The van der Waals surface area contributed by atoms with Crippen molar-refractivity contribution in [2.24, 2.45) is 0 Å². The van der Waals surface area contributed by atoms with Gasteiger partial charge in [-0.3, -0.25) is 9.59 Å². The first-order chi connectivity index (χ1) is 13.4. The number of benzene rings is 2. The predicted octanol–water partition coefficient (Wildman–Crippen LogP) is 3.42. The molecule has 1 fully saturated rings. The Labute approximate surface area is 168 Å². The normalized spacial score (nSPS) is 14.7. The highest BCUT2D eigenvalue weighted by molar-refractivity contribution is 6.31. The van der Waals surface area contributed by atoms with Gasteiger partial charge in [-0.15, -0.1) is 0 Å². The van der Waals surface area contributed by atoms with E-state index < -0.39 is 18.0 Å². The van der Waals surface area contributed by atoms with Gasteiger partial charge in [0.05, 0.1) is 12.6 Å². The largest absolute Gasteiger partial charge is 0.439 e.